The molecule has 1 saturated heterocycles. The molecule has 3 aromatic rings. The van der Waals surface area contributed by atoms with Gasteiger partial charge in [-0.1, -0.05) is 0 Å². The monoisotopic (exact) mass is 494 g/mol. The summed E-state index contributed by atoms with van der Waals surface area (Å²) in [6.07, 6.45) is 3.81. The average molecular weight is 495 g/mol. The van der Waals surface area contributed by atoms with Crippen molar-refractivity contribution in [1.82, 2.24) is 24.3 Å². The number of fused-ring (bicyclic) bond motifs is 2. The predicted octanol–water partition coefficient (Wildman–Crippen LogP) is 2.25. The third kappa shape index (κ3) is 5.06. The van der Waals surface area contributed by atoms with Crippen molar-refractivity contribution in [2.75, 3.05) is 45.2 Å². The highest BCUT2D eigenvalue weighted by molar-refractivity contribution is 5.78. The molecule has 2 N–H and O–H groups in total. The van der Waals surface area contributed by atoms with E-state index in [0.29, 0.717) is 56.3 Å². The van der Waals surface area contributed by atoms with Crippen LogP contribution in [0.2, 0.25) is 0 Å². The Morgan fingerprint density at radius 1 is 1.11 bits per heavy atom. The first-order chi connectivity index (χ1) is 17.5. The quantitative estimate of drug-likeness (QED) is 0.509. The van der Waals surface area contributed by atoms with Crippen LogP contribution >= 0.6 is 0 Å². The van der Waals surface area contributed by atoms with Crippen molar-refractivity contribution in [3.63, 3.8) is 0 Å². The first-order valence-electron chi connectivity index (χ1n) is 12.2. The Bertz CT molecular complexity index is 1300. The van der Waals surface area contributed by atoms with Gasteiger partial charge in [0.2, 0.25) is 0 Å². The maximum Gasteiger partial charge on any atom is 0.407 e. The lowest BCUT2D eigenvalue weighted by Crippen LogP contribution is -2.47. The fraction of sp³-hybridized carbons (Fsp3) is 0.440. The van der Waals surface area contributed by atoms with Gasteiger partial charge in [0.15, 0.2) is 11.5 Å². The van der Waals surface area contributed by atoms with Gasteiger partial charge in [-0.25, -0.2) is 4.79 Å². The van der Waals surface area contributed by atoms with E-state index in [0.717, 1.165) is 29.8 Å². The van der Waals surface area contributed by atoms with Crippen LogP contribution in [0.3, 0.4) is 0 Å². The molecule has 190 valence electrons. The molecule has 11 nitrogen and oxygen atoms in total. The second kappa shape index (κ2) is 10.4. The smallest absolute Gasteiger partial charge is 0.407 e. The highest BCUT2D eigenvalue weighted by Gasteiger charge is 2.28. The number of pyridine rings is 3. The summed E-state index contributed by atoms with van der Waals surface area (Å²) < 4.78 is 12.9. The summed E-state index contributed by atoms with van der Waals surface area (Å²) in [7, 11) is 1.82. The lowest BCUT2D eigenvalue weighted by atomic mass is 10.0. The molecule has 0 aromatic carbocycles. The van der Waals surface area contributed by atoms with Gasteiger partial charge >= 0.3 is 6.09 Å². The second-order valence-corrected chi connectivity index (χ2v) is 9.00. The zero-order chi connectivity index (χ0) is 25.1. The van der Waals surface area contributed by atoms with Gasteiger partial charge in [-0.3, -0.25) is 19.7 Å². The number of likely N-dealkylation sites (tertiary alicyclic amines) is 1. The number of ether oxygens (including phenoxy) is 2. The molecule has 0 aliphatic carbocycles. The Morgan fingerprint density at radius 2 is 1.89 bits per heavy atom. The molecule has 5 heterocycles. The van der Waals surface area contributed by atoms with Crippen LogP contribution in [0, 0.1) is 0 Å². The van der Waals surface area contributed by atoms with Crippen molar-refractivity contribution in [1.29, 1.82) is 0 Å². The highest BCUT2D eigenvalue weighted by atomic mass is 16.6. The standard InChI is InChI=1S/C25H30N6O5/c1-26-17-12-21-20(28-14-17)2-3-24(32)30(21)9-8-29-6-4-19(5-7-29)31(25(33)34)16-18-13-22-23(15-27-18)36-11-10-35-22/h2-3,12-15,19,26H,4-11,16H2,1H3,(H,33,34). The van der Waals surface area contributed by atoms with E-state index in [1.807, 2.05) is 13.1 Å². The summed E-state index contributed by atoms with van der Waals surface area (Å²) in [6.45, 7) is 3.90. The van der Waals surface area contributed by atoms with Gasteiger partial charge in [0.1, 0.15) is 13.2 Å². The summed E-state index contributed by atoms with van der Waals surface area (Å²) in [6, 6.07) is 6.90. The first kappa shape index (κ1) is 23.9. The molecule has 36 heavy (non-hydrogen) atoms. The molecular weight excluding hydrogens is 464 g/mol. The zero-order valence-electron chi connectivity index (χ0n) is 20.2. The zero-order valence-corrected chi connectivity index (χ0v) is 20.2. The molecule has 0 saturated carbocycles. The number of carbonyl (C=O) groups is 1. The Morgan fingerprint density at radius 3 is 2.64 bits per heavy atom. The minimum absolute atomic E-state index is 0.0589. The Labute approximate surface area is 208 Å². The lowest BCUT2D eigenvalue weighted by molar-refractivity contribution is 0.0848. The second-order valence-electron chi connectivity index (χ2n) is 9.00. The van der Waals surface area contributed by atoms with Gasteiger partial charge in [0.05, 0.1) is 41.4 Å². The van der Waals surface area contributed by atoms with E-state index in [9.17, 15) is 14.7 Å². The number of anilines is 1. The number of hydrogen-bond donors (Lipinski definition) is 2. The maximum absolute atomic E-state index is 12.6. The van der Waals surface area contributed by atoms with E-state index in [4.69, 9.17) is 9.47 Å². The largest absolute Gasteiger partial charge is 0.486 e. The summed E-state index contributed by atoms with van der Waals surface area (Å²) in [5.74, 6) is 1.19. The van der Waals surface area contributed by atoms with Gasteiger partial charge in [0, 0.05) is 51.4 Å². The fourth-order valence-corrected chi connectivity index (χ4v) is 4.83. The van der Waals surface area contributed by atoms with E-state index in [2.05, 4.69) is 20.2 Å². The number of nitrogens with one attached hydrogen (secondary N) is 1. The minimum atomic E-state index is -0.958. The van der Waals surface area contributed by atoms with Crippen molar-refractivity contribution < 1.29 is 19.4 Å². The highest BCUT2D eigenvalue weighted by Crippen LogP contribution is 2.30. The van der Waals surface area contributed by atoms with E-state index < -0.39 is 6.09 Å². The van der Waals surface area contributed by atoms with Crippen LogP contribution in [-0.4, -0.2) is 81.5 Å². The molecule has 1 fully saturated rings. The first-order valence-corrected chi connectivity index (χ1v) is 12.2. The van der Waals surface area contributed by atoms with Crippen LogP contribution in [0.1, 0.15) is 18.5 Å². The van der Waals surface area contributed by atoms with Gasteiger partial charge in [0.25, 0.3) is 5.56 Å². The molecule has 0 unspecified atom stereocenters. The number of hydrogen-bond acceptors (Lipinski definition) is 8. The van der Waals surface area contributed by atoms with Gasteiger partial charge < -0.3 is 29.4 Å². The fourth-order valence-electron chi connectivity index (χ4n) is 4.83. The number of aromatic nitrogens is 3. The van der Waals surface area contributed by atoms with E-state index in [-0.39, 0.29) is 18.1 Å². The molecule has 0 radical (unpaired) electrons. The Balaban J connectivity index is 1.21. The molecule has 3 aromatic heterocycles. The molecule has 2 aliphatic heterocycles. The van der Waals surface area contributed by atoms with E-state index in [1.54, 1.807) is 35.2 Å². The third-order valence-electron chi connectivity index (χ3n) is 6.83. The van der Waals surface area contributed by atoms with Crippen LogP contribution in [0.15, 0.2) is 41.5 Å². The summed E-state index contributed by atoms with van der Waals surface area (Å²) in [4.78, 5) is 37.2. The molecule has 0 bridgehead atoms. The van der Waals surface area contributed by atoms with Crippen LogP contribution in [0.25, 0.3) is 11.0 Å². The van der Waals surface area contributed by atoms with Crippen molar-refractivity contribution in [3.8, 4) is 11.5 Å². The maximum atomic E-state index is 12.6. The summed E-state index contributed by atoms with van der Waals surface area (Å²) in [5, 5.41) is 13.0. The number of rotatable bonds is 7. The SMILES string of the molecule is CNc1cnc2ccc(=O)n(CCN3CCC(N(Cc4cc5c(cn4)OCCO5)C(=O)O)CC3)c2c1. The van der Waals surface area contributed by atoms with Crippen LogP contribution in [0.4, 0.5) is 10.5 Å². The average Bonchev–Trinajstić information content (AvgIpc) is 2.91. The van der Waals surface area contributed by atoms with Crippen LogP contribution < -0.4 is 20.3 Å². The Hall–Kier alpha value is -3.86. The van der Waals surface area contributed by atoms with Gasteiger partial charge in [-0.05, 0) is 25.0 Å². The Kier molecular flexibility index (Phi) is 6.90. The third-order valence-corrected chi connectivity index (χ3v) is 6.83. The molecule has 2 aliphatic rings. The number of nitrogens with zero attached hydrogens (tertiary/aromatic N) is 5. The van der Waals surface area contributed by atoms with Gasteiger partial charge in [-0.15, -0.1) is 0 Å². The van der Waals surface area contributed by atoms with Crippen molar-refractivity contribution >= 4 is 22.8 Å². The number of carboxylic acid groups (broad SMARTS) is 1. The molecule has 0 atom stereocenters. The summed E-state index contributed by atoms with van der Waals surface area (Å²) >= 11 is 0. The molecule has 5 rings (SSSR count). The van der Waals surface area contributed by atoms with E-state index >= 15 is 0 Å². The minimum Gasteiger partial charge on any atom is -0.486 e. The summed E-state index contributed by atoms with van der Waals surface area (Å²) in [5.41, 5.74) is 3.00. The van der Waals surface area contributed by atoms with Crippen LogP contribution in [-0.2, 0) is 13.1 Å². The number of amides is 1. The normalized spacial score (nSPS) is 16.1. The van der Waals surface area contributed by atoms with Crippen molar-refractivity contribution in [3.05, 3.63) is 52.7 Å². The van der Waals surface area contributed by atoms with Gasteiger partial charge in [-0.2, -0.15) is 0 Å². The predicted molar refractivity (Wildman–Crippen MR) is 134 cm³/mol. The van der Waals surface area contributed by atoms with E-state index in [1.165, 1.54) is 4.90 Å². The number of piperidine rings is 1. The molecular formula is C25H30N6O5. The molecule has 0 spiro atoms. The van der Waals surface area contributed by atoms with Crippen molar-refractivity contribution in [2.45, 2.75) is 32.0 Å². The van der Waals surface area contributed by atoms with Crippen LogP contribution in [0.5, 0.6) is 11.5 Å². The van der Waals surface area contributed by atoms with Crippen molar-refractivity contribution in [2.24, 2.45) is 0 Å². The molecule has 11 heteroatoms. The molecule has 1 amide bonds. The lowest BCUT2D eigenvalue weighted by Gasteiger charge is -2.37. The topological polar surface area (TPSA) is 122 Å².